The molecule has 2 rings (SSSR count). The van der Waals surface area contributed by atoms with Crippen LogP contribution in [-0.4, -0.2) is 11.1 Å². The summed E-state index contributed by atoms with van der Waals surface area (Å²) in [4.78, 5) is 0.887. The topological polar surface area (TPSA) is 79.1 Å². The monoisotopic (exact) mass is 298 g/mol. The molecular weight excluding hydrogens is 285 g/mol. The lowest BCUT2D eigenvalue weighted by molar-refractivity contribution is -0.137. The van der Waals surface area contributed by atoms with Gasteiger partial charge in [-0.1, -0.05) is 17.3 Å². The molecule has 2 aromatic rings. The summed E-state index contributed by atoms with van der Waals surface area (Å²) in [5, 5.41) is 11.3. The van der Waals surface area contributed by atoms with Crippen molar-refractivity contribution >= 4 is 17.5 Å². The van der Waals surface area contributed by atoms with Gasteiger partial charge in [-0.3, -0.25) is 5.41 Å². The third-order valence-electron chi connectivity index (χ3n) is 3.03. The summed E-state index contributed by atoms with van der Waals surface area (Å²) in [5.41, 5.74) is 5.29. The number of nitrogens with two attached hydrogens (primary N) is 1. The summed E-state index contributed by atoms with van der Waals surface area (Å²) < 4.78 is 44.4. The number of para-hydroxylation sites is 1. The minimum absolute atomic E-state index is 0.00306. The maximum absolute atomic E-state index is 13.1. The Morgan fingerprint density at radius 2 is 1.90 bits per heavy atom. The van der Waals surface area contributed by atoms with E-state index in [9.17, 15) is 13.2 Å². The summed E-state index contributed by atoms with van der Waals surface area (Å²) >= 11 is 0. The zero-order chi connectivity index (χ0) is 15.8. The minimum Gasteiger partial charge on any atom is -0.369 e. The number of nitrogens with zero attached hydrogens (tertiary/aromatic N) is 2. The average molecular weight is 298 g/mol. The Morgan fingerprint density at radius 3 is 2.38 bits per heavy atom. The number of nitrogens with one attached hydrogen (secondary N) is 1. The van der Waals surface area contributed by atoms with Crippen LogP contribution < -0.4 is 10.6 Å². The quantitative estimate of drug-likeness (QED) is 0.658. The van der Waals surface area contributed by atoms with Gasteiger partial charge < -0.3 is 10.3 Å². The van der Waals surface area contributed by atoms with Crippen molar-refractivity contribution in [3.05, 3.63) is 41.1 Å². The molecule has 0 bridgehead atoms. The van der Waals surface area contributed by atoms with Gasteiger partial charge in [-0.05, 0) is 26.0 Å². The van der Waals surface area contributed by atoms with Crippen molar-refractivity contribution in [2.75, 3.05) is 4.90 Å². The Morgan fingerprint density at radius 1 is 1.29 bits per heavy atom. The van der Waals surface area contributed by atoms with E-state index in [1.807, 2.05) is 0 Å². The summed E-state index contributed by atoms with van der Waals surface area (Å²) in [5.74, 6) is -0.595. The van der Waals surface area contributed by atoms with Crippen LogP contribution in [0.4, 0.5) is 24.7 Å². The number of aromatic nitrogens is 1. The molecule has 1 aromatic carbocycles. The van der Waals surface area contributed by atoms with Gasteiger partial charge in [-0.25, -0.2) is 4.90 Å². The predicted octanol–water partition coefficient (Wildman–Crippen LogP) is 3.34. The van der Waals surface area contributed by atoms with E-state index in [1.54, 1.807) is 13.8 Å². The Kier molecular flexibility index (Phi) is 3.63. The molecule has 0 spiro atoms. The van der Waals surface area contributed by atoms with Gasteiger partial charge in [-0.15, -0.1) is 0 Å². The number of anilines is 2. The van der Waals surface area contributed by atoms with E-state index in [4.69, 9.17) is 15.7 Å². The van der Waals surface area contributed by atoms with Gasteiger partial charge >= 0.3 is 6.18 Å². The normalized spacial score (nSPS) is 11.5. The predicted molar refractivity (Wildman–Crippen MR) is 71.5 cm³/mol. The number of hydrogen-bond acceptors (Lipinski definition) is 3. The molecule has 5 nitrogen and oxygen atoms in total. The first-order valence-corrected chi connectivity index (χ1v) is 5.96. The van der Waals surface area contributed by atoms with Crippen molar-refractivity contribution < 1.29 is 17.7 Å². The van der Waals surface area contributed by atoms with Crippen LogP contribution in [0, 0.1) is 19.3 Å². The molecule has 8 heteroatoms. The number of aryl methyl sites for hydroxylation is 1. The molecule has 0 aliphatic heterocycles. The second-order valence-electron chi connectivity index (χ2n) is 4.43. The van der Waals surface area contributed by atoms with Crippen molar-refractivity contribution in [3.63, 3.8) is 0 Å². The molecule has 3 N–H and O–H groups in total. The number of benzene rings is 1. The summed E-state index contributed by atoms with van der Waals surface area (Å²) in [7, 11) is 0. The fourth-order valence-electron chi connectivity index (χ4n) is 1.87. The van der Waals surface area contributed by atoms with E-state index in [0.717, 1.165) is 11.0 Å². The molecule has 0 amide bonds. The van der Waals surface area contributed by atoms with Crippen LogP contribution in [0.1, 0.15) is 16.8 Å². The first kappa shape index (κ1) is 14.9. The van der Waals surface area contributed by atoms with Crippen LogP contribution in [-0.2, 0) is 6.18 Å². The Labute approximate surface area is 118 Å². The number of guanidine groups is 1. The average Bonchev–Trinajstić information content (AvgIpc) is 2.70. The zero-order valence-corrected chi connectivity index (χ0v) is 11.3. The number of rotatable bonds is 2. The molecule has 0 atom stereocenters. The standard InChI is InChI=1S/C13H13F3N4O/c1-7-8(2)19-21-11(7)20(12(17)18)10-6-4-3-5-9(10)13(14,15)16/h3-6H,1-2H3,(H3,17,18). The van der Waals surface area contributed by atoms with E-state index < -0.39 is 17.7 Å². The molecule has 0 saturated carbocycles. The molecule has 0 unspecified atom stereocenters. The molecule has 112 valence electrons. The van der Waals surface area contributed by atoms with E-state index in [0.29, 0.717) is 11.3 Å². The van der Waals surface area contributed by atoms with Gasteiger partial charge in [0.15, 0.2) is 5.96 Å². The largest absolute Gasteiger partial charge is 0.418 e. The van der Waals surface area contributed by atoms with Crippen LogP contribution in [0.15, 0.2) is 28.8 Å². The van der Waals surface area contributed by atoms with Crippen LogP contribution in [0.25, 0.3) is 0 Å². The minimum atomic E-state index is -4.58. The number of alkyl halides is 3. The highest BCUT2D eigenvalue weighted by Crippen LogP contribution is 2.39. The highest BCUT2D eigenvalue weighted by atomic mass is 19.4. The summed E-state index contributed by atoms with van der Waals surface area (Å²) in [6.07, 6.45) is -4.58. The van der Waals surface area contributed by atoms with Crippen LogP contribution >= 0.6 is 0 Å². The summed E-state index contributed by atoms with van der Waals surface area (Å²) in [6.45, 7) is 3.28. The molecule has 0 radical (unpaired) electrons. The highest BCUT2D eigenvalue weighted by Gasteiger charge is 2.36. The molecule has 0 fully saturated rings. The number of halogens is 3. The first-order valence-electron chi connectivity index (χ1n) is 5.96. The summed E-state index contributed by atoms with van der Waals surface area (Å²) in [6, 6.07) is 4.84. The lowest BCUT2D eigenvalue weighted by atomic mass is 10.1. The molecule has 21 heavy (non-hydrogen) atoms. The highest BCUT2D eigenvalue weighted by molar-refractivity contribution is 6.00. The molecule has 0 aliphatic carbocycles. The first-order chi connectivity index (χ1) is 9.73. The van der Waals surface area contributed by atoms with Crippen molar-refractivity contribution in [1.29, 1.82) is 5.41 Å². The molecule has 0 aliphatic rings. The molecule has 1 aromatic heterocycles. The van der Waals surface area contributed by atoms with Crippen LogP contribution in [0.5, 0.6) is 0 Å². The molecular formula is C13H13F3N4O. The smallest absolute Gasteiger partial charge is 0.369 e. The van der Waals surface area contributed by atoms with E-state index in [2.05, 4.69) is 5.16 Å². The van der Waals surface area contributed by atoms with Crippen LogP contribution in [0.2, 0.25) is 0 Å². The van der Waals surface area contributed by atoms with Crippen LogP contribution in [0.3, 0.4) is 0 Å². The SMILES string of the molecule is Cc1noc(N(C(=N)N)c2ccccc2C(F)(F)F)c1C. The van der Waals surface area contributed by atoms with Crippen molar-refractivity contribution in [2.45, 2.75) is 20.0 Å². The third kappa shape index (κ3) is 2.69. The lowest BCUT2D eigenvalue weighted by Gasteiger charge is -2.23. The maximum atomic E-state index is 13.1. The van der Waals surface area contributed by atoms with Gasteiger partial charge in [0.2, 0.25) is 5.88 Å². The van der Waals surface area contributed by atoms with E-state index >= 15 is 0 Å². The molecule has 0 saturated heterocycles. The Balaban J connectivity index is 2.66. The van der Waals surface area contributed by atoms with E-state index in [1.165, 1.54) is 18.2 Å². The second kappa shape index (κ2) is 5.12. The van der Waals surface area contributed by atoms with Gasteiger partial charge in [0.25, 0.3) is 0 Å². The van der Waals surface area contributed by atoms with E-state index in [-0.39, 0.29) is 11.6 Å². The van der Waals surface area contributed by atoms with Gasteiger partial charge in [0.05, 0.1) is 16.9 Å². The fraction of sp³-hybridized carbons (Fsp3) is 0.231. The maximum Gasteiger partial charge on any atom is 0.418 e. The fourth-order valence-corrected chi connectivity index (χ4v) is 1.87. The van der Waals surface area contributed by atoms with Gasteiger partial charge in [0, 0.05) is 5.56 Å². The Hall–Kier alpha value is -2.51. The van der Waals surface area contributed by atoms with Gasteiger partial charge in [-0.2, -0.15) is 13.2 Å². The third-order valence-corrected chi connectivity index (χ3v) is 3.03. The Bertz CT molecular complexity index is 678. The van der Waals surface area contributed by atoms with Gasteiger partial charge in [0.1, 0.15) is 0 Å². The molecule has 1 heterocycles. The lowest BCUT2D eigenvalue weighted by Crippen LogP contribution is -2.34. The van der Waals surface area contributed by atoms with Crippen molar-refractivity contribution in [1.82, 2.24) is 5.16 Å². The second-order valence-corrected chi connectivity index (χ2v) is 4.43. The number of hydrogen-bond donors (Lipinski definition) is 2. The van der Waals surface area contributed by atoms with Crippen molar-refractivity contribution in [3.8, 4) is 0 Å². The van der Waals surface area contributed by atoms with Crippen molar-refractivity contribution in [2.24, 2.45) is 5.73 Å². The zero-order valence-electron chi connectivity index (χ0n) is 11.3.